The van der Waals surface area contributed by atoms with Crippen molar-refractivity contribution in [1.82, 2.24) is 9.55 Å². The Hall–Kier alpha value is -0.830. The van der Waals surface area contributed by atoms with E-state index in [9.17, 15) is 0 Å². The highest BCUT2D eigenvalue weighted by molar-refractivity contribution is 5.08. The molecule has 1 unspecified atom stereocenters. The van der Waals surface area contributed by atoms with Crippen molar-refractivity contribution in [2.24, 2.45) is 5.73 Å². The Morgan fingerprint density at radius 3 is 2.93 bits per heavy atom. The van der Waals surface area contributed by atoms with Gasteiger partial charge in [0.2, 0.25) is 0 Å². The monoisotopic (exact) mass is 193 g/mol. The molecule has 0 aliphatic heterocycles. The van der Waals surface area contributed by atoms with Crippen LogP contribution in [0, 0.1) is 0 Å². The average molecular weight is 193 g/mol. The van der Waals surface area contributed by atoms with E-state index in [1.165, 1.54) is 31.4 Å². The van der Waals surface area contributed by atoms with E-state index < -0.39 is 0 Å². The van der Waals surface area contributed by atoms with Crippen molar-refractivity contribution in [1.29, 1.82) is 0 Å². The number of imidazole rings is 1. The molecule has 0 amide bonds. The van der Waals surface area contributed by atoms with Gasteiger partial charge in [0, 0.05) is 30.4 Å². The van der Waals surface area contributed by atoms with Gasteiger partial charge < -0.3 is 10.3 Å². The van der Waals surface area contributed by atoms with Crippen LogP contribution in [0.4, 0.5) is 0 Å². The first kappa shape index (κ1) is 9.71. The Balaban J connectivity index is 2.12. The molecular weight excluding hydrogens is 174 g/mol. The second-order valence-corrected chi connectivity index (χ2v) is 4.43. The summed E-state index contributed by atoms with van der Waals surface area (Å²) in [5, 5.41) is 0. The van der Waals surface area contributed by atoms with E-state index in [1.807, 2.05) is 19.4 Å². The number of rotatable bonds is 3. The summed E-state index contributed by atoms with van der Waals surface area (Å²) in [5.41, 5.74) is 7.19. The maximum Gasteiger partial charge on any atom is 0.0948 e. The first-order valence-corrected chi connectivity index (χ1v) is 5.53. The van der Waals surface area contributed by atoms with Crippen molar-refractivity contribution in [3.8, 4) is 0 Å². The Morgan fingerprint density at radius 1 is 1.57 bits per heavy atom. The van der Waals surface area contributed by atoms with Gasteiger partial charge in [0.15, 0.2) is 0 Å². The van der Waals surface area contributed by atoms with Gasteiger partial charge in [-0.15, -0.1) is 0 Å². The normalized spacial score (nSPS) is 20.1. The number of nitrogens with zero attached hydrogens (tertiary/aromatic N) is 2. The largest absolute Gasteiger partial charge is 0.333 e. The third-order valence-electron chi connectivity index (χ3n) is 3.00. The molecule has 1 heterocycles. The number of aromatic nitrogens is 2. The lowest BCUT2D eigenvalue weighted by atomic mass is 10.0. The van der Waals surface area contributed by atoms with E-state index in [4.69, 9.17) is 5.73 Å². The molecule has 0 aromatic carbocycles. The molecule has 78 valence electrons. The van der Waals surface area contributed by atoms with Gasteiger partial charge in [-0.25, -0.2) is 4.98 Å². The fraction of sp³-hybridized carbons (Fsp3) is 0.727. The third-order valence-corrected chi connectivity index (χ3v) is 3.00. The minimum Gasteiger partial charge on any atom is -0.333 e. The predicted molar refractivity (Wildman–Crippen MR) is 57.1 cm³/mol. The summed E-state index contributed by atoms with van der Waals surface area (Å²) in [6.07, 6.45) is 9.31. The van der Waals surface area contributed by atoms with Crippen LogP contribution in [0.3, 0.4) is 0 Å². The second-order valence-electron chi connectivity index (χ2n) is 4.43. The van der Waals surface area contributed by atoms with E-state index in [0.717, 1.165) is 12.5 Å². The van der Waals surface area contributed by atoms with E-state index >= 15 is 0 Å². The molecule has 0 spiro atoms. The van der Waals surface area contributed by atoms with Gasteiger partial charge in [-0.05, 0) is 19.8 Å². The number of hydrogen-bond acceptors (Lipinski definition) is 2. The lowest BCUT2D eigenvalue weighted by Crippen LogP contribution is -2.23. The average Bonchev–Trinajstić information content (AvgIpc) is 2.70. The molecule has 0 saturated heterocycles. The maximum atomic E-state index is 5.80. The van der Waals surface area contributed by atoms with Crippen LogP contribution in [0.5, 0.6) is 0 Å². The van der Waals surface area contributed by atoms with Crippen LogP contribution in [0.25, 0.3) is 0 Å². The zero-order chi connectivity index (χ0) is 9.97. The standard InChI is InChI=1S/C11H19N3/c1-9(12)7-14-8-13-6-11(14)10-4-2-3-5-10/h6,8-10H,2-5,7,12H2,1H3. The van der Waals surface area contributed by atoms with Crippen molar-refractivity contribution in [2.45, 2.75) is 51.1 Å². The van der Waals surface area contributed by atoms with Crippen LogP contribution in [0.15, 0.2) is 12.5 Å². The summed E-state index contributed by atoms with van der Waals surface area (Å²) < 4.78 is 2.22. The summed E-state index contributed by atoms with van der Waals surface area (Å²) in [7, 11) is 0. The lowest BCUT2D eigenvalue weighted by molar-refractivity contribution is 0.543. The fourth-order valence-electron chi connectivity index (χ4n) is 2.36. The van der Waals surface area contributed by atoms with Crippen LogP contribution in [0.1, 0.15) is 44.2 Å². The van der Waals surface area contributed by atoms with E-state index in [-0.39, 0.29) is 6.04 Å². The Bertz CT molecular complexity index is 284. The smallest absolute Gasteiger partial charge is 0.0948 e. The minimum absolute atomic E-state index is 0.212. The first-order chi connectivity index (χ1) is 6.77. The summed E-state index contributed by atoms with van der Waals surface area (Å²) in [6.45, 7) is 2.93. The fourth-order valence-corrected chi connectivity index (χ4v) is 2.36. The summed E-state index contributed by atoms with van der Waals surface area (Å²) in [4.78, 5) is 4.23. The molecule has 0 bridgehead atoms. The van der Waals surface area contributed by atoms with Crippen molar-refractivity contribution in [2.75, 3.05) is 0 Å². The van der Waals surface area contributed by atoms with Gasteiger partial charge in [-0.2, -0.15) is 0 Å². The molecule has 1 aliphatic carbocycles. The molecule has 2 N–H and O–H groups in total. The zero-order valence-corrected chi connectivity index (χ0v) is 8.82. The number of nitrogens with two attached hydrogens (primary N) is 1. The van der Waals surface area contributed by atoms with Gasteiger partial charge in [-0.3, -0.25) is 0 Å². The van der Waals surface area contributed by atoms with E-state index in [1.54, 1.807) is 0 Å². The maximum absolute atomic E-state index is 5.80. The minimum atomic E-state index is 0.212. The molecule has 1 atom stereocenters. The molecule has 1 fully saturated rings. The van der Waals surface area contributed by atoms with Crippen molar-refractivity contribution in [3.63, 3.8) is 0 Å². The topological polar surface area (TPSA) is 43.8 Å². The summed E-state index contributed by atoms with van der Waals surface area (Å²) >= 11 is 0. The molecule has 14 heavy (non-hydrogen) atoms. The van der Waals surface area contributed by atoms with Crippen LogP contribution in [-0.2, 0) is 6.54 Å². The third kappa shape index (κ3) is 1.98. The highest BCUT2D eigenvalue weighted by atomic mass is 15.1. The van der Waals surface area contributed by atoms with Crippen molar-refractivity contribution >= 4 is 0 Å². The Labute approximate surface area is 85.3 Å². The Morgan fingerprint density at radius 2 is 2.29 bits per heavy atom. The highest BCUT2D eigenvalue weighted by Gasteiger charge is 2.20. The van der Waals surface area contributed by atoms with Crippen LogP contribution in [-0.4, -0.2) is 15.6 Å². The molecular formula is C11H19N3. The van der Waals surface area contributed by atoms with E-state index in [2.05, 4.69) is 9.55 Å². The van der Waals surface area contributed by atoms with Crippen LogP contribution in [0.2, 0.25) is 0 Å². The number of hydrogen-bond donors (Lipinski definition) is 1. The molecule has 0 radical (unpaired) electrons. The zero-order valence-electron chi connectivity index (χ0n) is 8.82. The molecule has 2 rings (SSSR count). The molecule has 3 heteroatoms. The second kappa shape index (κ2) is 4.13. The van der Waals surface area contributed by atoms with Crippen molar-refractivity contribution < 1.29 is 0 Å². The molecule has 1 aromatic heterocycles. The lowest BCUT2D eigenvalue weighted by Gasteiger charge is -2.14. The van der Waals surface area contributed by atoms with Gasteiger partial charge in [0.05, 0.1) is 6.33 Å². The predicted octanol–water partition coefficient (Wildman–Crippen LogP) is 1.89. The molecule has 3 nitrogen and oxygen atoms in total. The van der Waals surface area contributed by atoms with Crippen LogP contribution >= 0.6 is 0 Å². The Kier molecular flexibility index (Phi) is 2.87. The molecule has 1 aliphatic rings. The molecule has 1 saturated carbocycles. The van der Waals surface area contributed by atoms with Gasteiger partial charge in [-0.1, -0.05) is 12.8 Å². The quantitative estimate of drug-likeness (QED) is 0.796. The molecule has 1 aromatic rings. The van der Waals surface area contributed by atoms with Gasteiger partial charge in [0.1, 0.15) is 0 Å². The van der Waals surface area contributed by atoms with Gasteiger partial charge >= 0.3 is 0 Å². The highest BCUT2D eigenvalue weighted by Crippen LogP contribution is 2.33. The van der Waals surface area contributed by atoms with Gasteiger partial charge in [0.25, 0.3) is 0 Å². The first-order valence-electron chi connectivity index (χ1n) is 5.53. The SMILES string of the molecule is CC(N)Cn1cncc1C1CCCC1. The van der Waals surface area contributed by atoms with E-state index in [0.29, 0.717) is 0 Å². The van der Waals surface area contributed by atoms with Crippen molar-refractivity contribution in [3.05, 3.63) is 18.2 Å². The summed E-state index contributed by atoms with van der Waals surface area (Å²) in [6, 6.07) is 0.212. The summed E-state index contributed by atoms with van der Waals surface area (Å²) in [5.74, 6) is 0.733. The van der Waals surface area contributed by atoms with Crippen LogP contribution < -0.4 is 5.73 Å².